The topological polar surface area (TPSA) is 134 Å². The normalized spacial score (nSPS) is 14.9. The molecule has 0 bridgehead atoms. The Morgan fingerprint density at radius 2 is 1.97 bits per heavy atom. The molecule has 2 aromatic carbocycles. The summed E-state index contributed by atoms with van der Waals surface area (Å²) in [5.41, 5.74) is 14.9. The average Bonchev–Trinajstić information content (AvgIpc) is 2.91. The lowest BCUT2D eigenvalue weighted by Crippen LogP contribution is -2.48. The van der Waals surface area contributed by atoms with Gasteiger partial charge in [-0.1, -0.05) is 30.3 Å². The lowest BCUT2D eigenvalue weighted by molar-refractivity contribution is -0.134. The minimum absolute atomic E-state index is 0.0193. The number of hydrogen-bond donors (Lipinski definition) is 4. The first-order valence-electron chi connectivity index (χ1n) is 12.7. The van der Waals surface area contributed by atoms with E-state index in [2.05, 4.69) is 20.8 Å². The standard InChI is InChI=1S/C28H35N7OS/c1-19-32-13-9-25(33-19)22-5-3-7-24(18-22)37-34-26(17-21-4-2-6-23(16-21)27(30)31)28(36)35-14-10-20(8-12-29)11-15-35/h2-7,9,13,16,18,20,26,34H,8,10-12,14-15,17,29H2,1H3,(H3,30,31)/t26-/m0/s1. The number of piperidine rings is 1. The largest absolute Gasteiger partial charge is 0.384 e. The van der Waals surface area contributed by atoms with Gasteiger partial charge in [0.15, 0.2) is 0 Å². The highest BCUT2D eigenvalue weighted by Gasteiger charge is 2.28. The Morgan fingerprint density at radius 1 is 1.19 bits per heavy atom. The number of amidine groups is 1. The molecule has 6 N–H and O–H groups in total. The second-order valence-corrected chi connectivity index (χ2v) is 10.4. The zero-order valence-electron chi connectivity index (χ0n) is 21.2. The Bertz CT molecular complexity index is 1230. The molecule has 1 aliphatic rings. The first-order valence-corrected chi connectivity index (χ1v) is 13.5. The van der Waals surface area contributed by atoms with Crippen molar-refractivity contribution in [2.45, 2.75) is 43.5 Å². The lowest BCUT2D eigenvalue weighted by atomic mass is 9.93. The van der Waals surface area contributed by atoms with E-state index in [-0.39, 0.29) is 11.7 Å². The summed E-state index contributed by atoms with van der Waals surface area (Å²) in [7, 11) is 0. The summed E-state index contributed by atoms with van der Waals surface area (Å²) in [6, 6.07) is 17.1. The molecule has 1 atom stereocenters. The molecule has 1 fully saturated rings. The molecule has 4 rings (SSSR count). The molecular formula is C28H35N7OS. The van der Waals surface area contributed by atoms with Crippen LogP contribution in [0, 0.1) is 18.3 Å². The van der Waals surface area contributed by atoms with Crippen molar-refractivity contribution in [3.8, 4) is 11.3 Å². The van der Waals surface area contributed by atoms with Crippen LogP contribution in [0.3, 0.4) is 0 Å². The Morgan fingerprint density at radius 3 is 2.70 bits per heavy atom. The lowest BCUT2D eigenvalue weighted by Gasteiger charge is -2.34. The van der Waals surface area contributed by atoms with Gasteiger partial charge in [-0.3, -0.25) is 10.2 Å². The molecule has 1 aliphatic heterocycles. The third kappa shape index (κ3) is 7.38. The maximum absolute atomic E-state index is 13.7. The van der Waals surface area contributed by atoms with Crippen LogP contribution in [0.25, 0.3) is 11.3 Å². The van der Waals surface area contributed by atoms with Crippen LogP contribution in [0.2, 0.25) is 0 Å². The number of aromatic nitrogens is 2. The summed E-state index contributed by atoms with van der Waals surface area (Å²) in [5, 5.41) is 7.78. The van der Waals surface area contributed by atoms with E-state index in [9.17, 15) is 4.79 Å². The number of nitrogens with one attached hydrogen (secondary N) is 2. The Labute approximate surface area is 222 Å². The minimum Gasteiger partial charge on any atom is -0.384 e. The summed E-state index contributed by atoms with van der Waals surface area (Å²) in [5.74, 6) is 1.43. The predicted molar refractivity (Wildman–Crippen MR) is 149 cm³/mol. The number of carbonyl (C=O) groups excluding carboxylic acids is 1. The van der Waals surface area contributed by atoms with Crippen LogP contribution in [0.15, 0.2) is 65.7 Å². The van der Waals surface area contributed by atoms with Crippen molar-refractivity contribution in [1.29, 1.82) is 5.41 Å². The molecule has 0 spiro atoms. The van der Waals surface area contributed by atoms with E-state index >= 15 is 0 Å². The summed E-state index contributed by atoms with van der Waals surface area (Å²) in [4.78, 5) is 25.4. The van der Waals surface area contributed by atoms with E-state index in [0.29, 0.717) is 24.4 Å². The van der Waals surface area contributed by atoms with E-state index in [0.717, 1.165) is 59.9 Å². The van der Waals surface area contributed by atoms with Crippen molar-refractivity contribution in [2.75, 3.05) is 19.6 Å². The first kappa shape index (κ1) is 26.8. The molecule has 194 valence electrons. The van der Waals surface area contributed by atoms with Crippen LogP contribution in [0.1, 0.15) is 36.2 Å². The molecule has 1 saturated heterocycles. The molecule has 37 heavy (non-hydrogen) atoms. The van der Waals surface area contributed by atoms with E-state index in [1.807, 2.05) is 60.4 Å². The zero-order valence-corrected chi connectivity index (χ0v) is 22.0. The van der Waals surface area contributed by atoms with E-state index < -0.39 is 6.04 Å². The molecule has 0 aliphatic carbocycles. The van der Waals surface area contributed by atoms with Gasteiger partial charge in [0.05, 0.1) is 5.69 Å². The second-order valence-electron chi connectivity index (χ2n) is 9.45. The fourth-order valence-electron chi connectivity index (χ4n) is 4.65. The molecule has 0 unspecified atom stereocenters. The number of hydrogen-bond acceptors (Lipinski definition) is 7. The molecular weight excluding hydrogens is 482 g/mol. The van der Waals surface area contributed by atoms with Crippen molar-refractivity contribution in [2.24, 2.45) is 17.4 Å². The summed E-state index contributed by atoms with van der Waals surface area (Å²) >= 11 is 1.45. The van der Waals surface area contributed by atoms with Gasteiger partial charge in [0.2, 0.25) is 5.91 Å². The van der Waals surface area contributed by atoms with Crippen LogP contribution in [-0.2, 0) is 11.2 Å². The fraction of sp³-hybridized carbons (Fsp3) is 0.357. The number of nitrogens with two attached hydrogens (primary N) is 2. The molecule has 0 saturated carbocycles. The Kier molecular flexibility index (Phi) is 9.27. The summed E-state index contributed by atoms with van der Waals surface area (Å²) in [6.45, 7) is 4.07. The number of nitrogen functional groups attached to an aromatic ring is 1. The molecule has 1 amide bonds. The summed E-state index contributed by atoms with van der Waals surface area (Å²) in [6.07, 6.45) is 5.25. The zero-order chi connectivity index (χ0) is 26.2. The number of nitrogens with zero attached hydrogens (tertiary/aromatic N) is 3. The SMILES string of the molecule is Cc1nccc(-c2cccc(SN[C@@H](Cc3cccc(C(=N)N)c3)C(=O)N3CCC(CCN)CC3)c2)n1. The smallest absolute Gasteiger partial charge is 0.240 e. The van der Waals surface area contributed by atoms with Crippen LogP contribution in [0.5, 0.6) is 0 Å². The average molecular weight is 518 g/mol. The third-order valence-electron chi connectivity index (χ3n) is 6.70. The van der Waals surface area contributed by atoms with E-state index in [1.54, 1.807) is 6.20 Å². The monoisotopic (exact) mass is 517 g/mol. The first-order chi connectivity index (χ1) is 17.9. The number of amides is 1. The number of rotatable bonds is 10. The summed E-state index contributed by atoms with van der Waals surface area (Å²) < 4.78 is 3.44. The van der Waals surface area contributed by atoms with E-state index in [1.165, 1.54) is 11.9 Å². The van der Waals surface area contributed by atoms with Gasteiger partial charge in [0.1, 0.15) is 17.7 Å². The van der Waals surface area contributed by atoms with Crippen molar-refractivity contribution >= 4 is 23.7 Å². The third-order valence-corrected chi connectivity index (χ3v) is 7.59. The van der Waals surface area contributed by atoms with Crippen molar-refractivity contribution < 1.29 is 4.79 Å². The van der Waals surface area contributed by atoms with Gasteiger partial charge in [0, 0.05) is 35.3 Å². The number of carbonyl (C=O) groups is 1. The van der Waals surface area contributed by atoms with Crippen LogP contribution in [-0.4, -0.2) is 52.3 Å². The molecule has 0 radical (unpaired) electrons. The number of likely N-dealkylation sites (tertiary alicyclic amines) is 1. The van der Waals surface area contributed by atoms with Crippen molar-refractivity contribution in [3.63, 3.8) is 0 Å². The van der Waals surface area contributed by atoms with Crippen LogP contribution in [0.4, 0.5) is 0 Å². The number of benzene rings is 2. The van der Waals surface area contributed by atoms with Gasteiger partial charge < -0.3 is 16.4 Å². The Hall–Kier alpha value is -3.27. The minimum atomic E-state index is -0.428. The molecule has 3 aromatic rings. The highest BCUT2D eigenvalue weighted by molar-refractivity contribution is 7.97. The predicted octanol–water partition coefficient (Wildman–Crippen LogP) is 3.53. The van der Waals surface area contributed by atoms with Gasteiger partial charge >= 0.3 is 0 Å². The maximum Gasteiger partial charge on any atom is 0.240 e. The highest BCUT2D eigenvalue weighted by Crippen LogP contribution is 2.25. The van der Waals surface area contributed by atoms with E-state index in [4.69, 9.17) is 16.9 Å². The van der Waals surface area contributed by atoms with Gasteiger partial charge in [-0.05, 0) is 86.8 Å². The highest BCUT2D eigenvalue weighted by atomic mass is 32.2. The van der Waals surface area contributed by atoms with Crippen molar-refractivity contribution in [3.05, 3.63) is 77.7 Å². The van der Waals surface area contributed by atoms with Crippen LogP contribution < -0.4 is 16.2 Å². The quantitative estimate of drug-likeness (QED) is 0.184. The molecule has 2 heterocycles. The van der Waals surface area contributed by atoms with Gasteiger partial charge in [-0.2, -0.15) is 0 Å². The maximum atomic E-state index is 13.7. The van der Waals surface area contributed by atoms with Gasteiger partial charge in [-0.25, -0.2) is 14.7 Å². The molecule has 1 aromatic heterocycles. The number of aryl methyl sites for hydroxylation is 1. The molecule has 9 heteroatoms. The van der Waals surface area contributed by atoms with Crippen LogP contribution >= 0.6 is 11.9 Å². The Balaban J connectivity index is 1.50. The molecule has 8 nitrogen and oxygen atoms in total. The van der Waals surface area contributed by atoms with Crippen molar-refractivity contribution in [1.82, 2.24) is 19.6 Å². The van der Waals surface area contributed by atoms with Gasteiger partial charge in [0.25, 0.3) is 0 Å². The van der Waals surface area contributed by atoms with Gasteiger partial charge in [-0.15, -0.1) is 0 Å². The fourth-order valence-corrected chi connectivity index (χ4v) is 5.45. The second kappa shape index (κ2) is 12.8.